The van der Waals surface area contributed by atoms with Gasteiger partial charge in [-0.15, -0.1) is 0 Å². The summed E-state index contributed by atoms with van der Waals surface area (Å²) in [5.41, 5.74) is 8.71. The molecular formula is C13H21NO. The smallest absolute Gasteiger partial charge is 0.0855 e. The molecule has 1 rings (SSSR count). The molecule has 1 atom stereocenters. The fourth-order valence-corrected chi connectivity index (χ4v) is 1.67. The molecular weight excluding hydrogens is 186 g/mol. The molecule has 1 aromatic rings. The minimum Gasteiger partial charge on any atom is -0.388 e. The summed E-state index contributed by atoms with van der Waals surface area (Å²) in [6.45, 7) is 8.52. The van der Waals surface area contributed by atoms with Gasteiger partial charge in [-0.25, -0.2) is 0 Å². The van der Waals surface area contributed by atoms with Crippen molar-refractivity contribution in [3.8, 4) is 0 Å². The molecule has 0 radical (unpaired) electrons. The van der Waals surface area contributed by atoms with E-state index in [0.717, 1.165) is 11.1 Å². The van der Waals surface area contributed by atoms with E-state index in [2.05, 4.69) is 13.0 Å². The quantitative estimate of drug-likeness (QED) is 0.799. The van der Waals surface area contributed by atoms with Crippen LogP contribution in [0.1, 0.15) is 36.6 Å². The van der Waals surface area contributed by atoms with E-state index in [-0.39, 0.29) is 5.41 Å². The summed E-state index contributed by atoms with van der Waals surface area (Å²) in [6.07, 6.45) is -0.497. The highest BCUT2D eigenvalue weighted by atomic mass is 16.3. The van der Waals surface area contributed by atoms with Crippen molar-refractivity contribution in [2.45, 2.75) is 33.8 Å². The lowest BCUT2D eigenvalue weighted by atomic mass is 9.81. The van der Waals surface area contributed by atoms with E-state index in [1.807, 2.05) is 32.9 Å². The molecule has 0 spiro atoms. The molecule has 3 N–H and O–H groups in total. The summed E-state index contributed by atoms with van der Waals surface area (Å²) >= 11 is 0. The van der Waals surface area contributed by atoms with Crippen molar-refractivity contribution in [1.82, 2.24) is 0 Å². The van der Waals surface area contributed by atoms with Gasteiger partial charge in [-0.2, -0.15) is 0 Å². The van der Waals surface area contributed by atoms with Crippen molar-refractivity contribution < 1.29 is 5.11 Å². The van der Waals surface area contributed by atoms with Crippen LogP contribution in [0.15, 0.2) is 18.2 Å². The number of hydrogen-bond acceptors (Lipinski definition) is 2. The Labute approximate surface area is 92.1 Å². The van der Waals surface area contributed by atoms with E-state index in [9.17, 15) is 5.11 Å². The topological polar surface area (TPSA) is 46.2 Å². The second-order valence-electron chi connectivity index (χ2n) is 4.96. The Kier molecular flexibility index (Phi) is 3.53. The van der Waals surface area contributed by atoms with Crippen LogP contribution in [0.2, 0.25) is 0 Å². The van der Waals surface area contributed by atoms with Gasteiger partial charge in [0.25, 0.3) is 0 Å². The van der Waals surface area contributed by atoms with Crippen LogP contribution in [0.3, 0.4) is 0 Å². The molecule has 84 valence electrons. The van der Waals surface area contributed by atoms with Crippen LogP contribution in [0.5, 0.6) is 0 Å². The van der Waals surface area contributed by atoms with Gasteiger partial charge in [0.1, 0.15) is 0 Å². The molecule has 1 unspecified atom stereocenters. The first-order valence-electron chi connectivity index (χ1n) is 5.34. The number of nitrogens with two attached hydrogens (primary N) is 1. The van der Waals surface area contributed by atoms with Gasteiger partial charge in [-0.1, -0.05) is 37.6 Å². The lowest BCUT2D eigenvalue weighted by Gasteiger charge is -2.30. The second-order valence-corrected chi connectivity index (χ2v) is 4.96. The highest BCUT2D eigenvalue weighted by Gasteiger charge is 2.28. The normalized spacial score (nSPS) is 14.0. The molecule has 0 aliphatic rings. The molecule has 0 aromatic heterocycles. The predicted molar refractivity (Wildman–Crippen MR) is 63.7 cm³/mol. The largest absolute Gasteiger partial charge is 0.388 e. The molecule has 2 nitrogen and oxygen atoms in total. The lowest BCUT2D eigenvalue weighted by Crippen LogP contribution is -2.31. The number of benzene rings is 1. The number of hydrogen-bond donors (Lipinski definition) is 2. The molecule has 0 heterocycles. The van der Waals surface area contributed by atoms with Gasteiger partial charge in [-0.3, -0.25) is 0 Å². The maximum absolute atomic E-state index is 10.2. The molecule has 0 fully saturated rings. The van der Waals surface area contributed by atoms with Crippen molar-refractivity contribution in [3.63, 3.8) is 0 Å². The van der Waals surface area contributed by atoms with Crippen LogP contribution >= 0.6 is 0 Å². The number of aliphatic hydroxyl groups is 1. The number of aryl methyl sites for hydroxylation is 2. The third-order valence-corrected chi connectivity index (χ3v) is 2.99. The zero-order valence-corrected chi connectivity index (χ0v) is 10.0. The van der Waals surface area contributed by atoms with E-state index < -0.39 is 6.10 Å². The summed E-state index contributed by atoms with van der Waals surface area (Å²) in [6, 6.07) is 6.11. The first-order chi connectivity index (χ1) is 6.88. The van der Waals surface area contributed by atoms with Crippen molar-refractivity contribution >= 4 is 0 Å². The van der Waals surface area contributed by atoms with Gasteiger partial charge >= 0.3 is 0 Å². The zero-order chi connectivity index (χ0) is 11.6. The van der Waals surface area contributed by atoms with E-state index in [1.165, 1.54) is 5.56 Å². The fourth-order valence-electron chi connectivity index (χ4n) is 1.67. The van der Waals surface area contributed by atoms with Crippen molar-refractivity contribution in [2.75, 3.05) is 6.54 Å². The number of rotatable bonds is 3. The molecule has 0 saturated heterocycles. The Bertz CT molecular complexity index is 344. The second kappa shape index (κ2) is 4.33. The maximum atomic E-state index is 10.2. The molecule has 1 aromatic carbocycles. The molecule has 0 aliphatic carbocycles. The standard InChI is InChI=1S/C13H21NO/c1-9-5-6-11(10(2)7-9)12(15)13(3,4)8-14/h5-7,12,15H,8,14H2,1-4H3. The van der Waals surface area contributed by atoms with Gasteiger partial charge in [0, 0.05) is 12.0 Å². The van der Waals surface area contributed by atoms with Crippen LogP contribution in [0, 0.1) is 19.3 Å². The molecule has 0 saturated carbocycles. The monoisotopic (exact) mass is 207 g/mol. The summed E-state index contributed by atoms with van der Waals surface area (Å²) in [4.78, 5) is 0. The fraction of sp³-hybridized carbons (Fsp3) is 0.538. The Morgan fingerprint density at radius 3 is 2.40 bits per heavy atom. The maximum Gasteiger partial charge on any atom is 0.0855 e. The van der Waals surface area contributed by atoms with Crippen LogP contribution in [0.25, 0.3) is 0 Å². The first-order valence-corrected chi connectivity index (χ1v) is 5.34. The Morgan fingerprint density at radius 2 is 1.93 bits per heavy atom. The minimum absolute atomic E-state index is 0.278. The van der Waals surface area contributed by atoms with Gasteiger partial charge in [-0.05, 0) is 25.0 Å². The van der Waals surface area contributed by atoms with Crippen molar-refractivity contribution in [3.05, 3.63) is 34.9 Å². The molecule has 15 heavy (non-hydrogen) atoms. The van der Waals surface area contributed by atoms with Crippen LogP contribution in [0.4, 0.5) is 0 Å². The molecule has 0 bridgehead atoms. The molecule has 2 heteroatoms. The lowest BCUT2D eigenvalue weighted by molar-refractivity contribution is 0.0550. The van der Waals surface area contributed by atoms with Crippen LogP contribution < -0.4 is 5.73 Å². The van der Waals surface area contributed by atoms with Crippen molar-refractivity contribution in [1.29, 1.82) is 0 Å². The van der Waals surface area contributed by atoms with E-state index in [4.69, 9.17) is 5.73 Å². The highest BCUT2D eigenvalue weighted by Crippen LogP contribution is 2.33. The predicted octanol–water partition coefficient (Wildman–Crippen LogP) is 2.32. The van der Waals surface area contributed by atoms with Crippen LogP contribution in [-0.2, 0) is 0 Å². The molecule has 0 aliphatic heterocycles. The van der Waals surface area contributed by atoms with Gasteiger partial charge in [0.05, 0.1) is 6.10 Å². The van der Waals surface area contributed by atoms with E-state index >= 15 is 0 Å². The Balaban J connectivity index is 3.06. The van der Waals surface area contributed by atoms with Gasteiger partial charge in [0.2, 0.25) is 0 Å². The third kappa shape index (κ3) is 2.58. The Hall–Kier alpha value is -0.860. The summed E-state index contributed by atoms with van der Waals surface area (Å²) in [5, 5.41) is 10.2. The first kappa shape index (κ1) is 12.2. The summed E-state index contributed by atoms with van der Waals surface area (Å²) in [5.74, 6) is 0. The van der Waals surface area contributed by atoms with E-state index in [0.29, 0.717) is 6.54 Å². The summed E-state index contributed by atoms with van der Waals surface area (Å²) in [7, 11) is 0. The highest BCUT2D eigenvalue weighted by molar-refractivity contribution is 5.32. The third-order valence-electron chi connectivity index (χ3n) is 2.99. The zero-order valence-electron chi connectivity index (χ0n) is 10.0. The van der Waals surface area contributed by atoms with Gasteiger partial charge in [0.15, 0.2) is 0 Å². The SMILES string of the molecule is Cc1ccc(C(O)C(C)(C)CN)c(C)c1. The number of aliphatic hydroxyl groups excluding tert-OH is 1. The average molecular weight is 207 g/mol. The molecule has 0 amide bonds. The van der Waals surface area contributed by atoms with Crippen molar-refractivity contribution in [2.24, 2.45) is 11.1 Å². The Morgan fingerprint density at radius 1 is 1.33 bits per heavy atom. The average Bonchev–Trinajstić information content (AvgIpc) is 2.17. The van der Waals surface area contributed by atoms with E-state index in [1.54, 1.807) is 0 Å². The van der Waals surface area contributed by atoms with Crippen LogP contribution in [-0.4, -0.2) is 11.7 Å². The summed E-state index contributed by atoms with van der Waals surface area (Å²) < 4.78 is 0. The van der Waals surface area contributed by atoms with Gasteiger partial charge < -0.3 is 10.8 Å². The minimum atomic E-state index is -0.497.